The van der Waals surface area contributed by atoms with E-state index in [0.717, 1.165) is 17.2 Å². The second-order valence-electron chi connectivity index (χ2n) is 3.21. The fourth-order valence-electron chi connectivity index (χ4n) is 1.12. The molecule has 0 aromatic carbocycles. The molecule has 0 spiro atoms. The van der Waals surface area contributed by atoms with Crippen molar-refractivity contribution in [2.45, 2.75) is 25.0 Å². The van der Waals surface area contributed by atoms with Gasteiger partial charge in [0.05, 0.1) is 0 Å². The Bertz CT molecular complexity index is 338. The van der Waals surface area contributed by atoms with E-state index in [2.05, 4.69) is 15.4 Å². The van der Waals surface area contributed by atoms with Gasteiger partial charge in [-0.1, -0.05) is 0 Å². The molecule has 0 atom stereocenters. The van der Waals surface area contributed by atoms with Gasteiger partial charge < -0.3 is 15.3 Å². The smallest absolute Gasteiger partial charge is 0.157 e. The van der Waals surface area contributed by atoms with Crippen LogP contribution in [0.15, 0.2) is 11.1 Å². The van der Waals surface area contributed by atoms with Gasteiger partial charge >= 0.3 is 0 Å². The van der Waals surface area contributed by atoms with Crippen LogP contribution >= 0.6 is 11.8 Å². The van der Waals surface area contributed by atoms with E-state index in [1.54, 1.807) is 17.8 Å². The number of anilines is 1. The standard InChI is InChI=1S/C10H18N4O2S/c1-2-16-7-9-12-8(14-11)6-10(13-9)17-5-3-4-15/h6,15H,2-5,7,11H2,1H3,(H,12,13,14). The van der Waals surface area contributed by atoms with Gasteiger partial charge in [0.2, 0.25) is 0 Å². The third-order valence-corrected chi connectivity index (χ3v) is 2.88. The zero-order valence-corrected chi connectivity index (χ0v) is 10.7. The molecule has 0 aliphatic rings. The second kappa shape index (κ2) is 8.24. The van der Waals surface area contributed by atoms with E-state index in [-0.39, 0.29) is 6.61 Å². The number of nitrogens with zero attached hydrogens (tertiary/aromatic N) is 2. The van der Waals surface area contributed by atoms with E-state index < -0.39 is 0 Å². The van der Waals surface area contributed by atoms with Gasteiger partial charge in [0.25, 0.3) is 0 Å². The van der Waals surface area contributed by atoms with E-state index in [4.69, 9.17) is 15.7 Å². The van der Waals surface area contributed by atoms with Gasteiger partial charge in [-0.05, 0) is 13.3 Å². The van der Waals surface area contributed by atoms with Crippen LogP contribution in [0.5, 0.6) is 0 Å². The van der Waals surface area contributed by atoms with Gasteiger partial charge in [-0.15, -0.1) is 11.8 Å². The number of nitrogens with two attached hydrogens (primary N) is 1. The average Bonchev–Trinajstić information content (AvgIpc) is 2.36. The molecule has 1 heterocycles. The van der Waals surface area contributed by atoms with Gasteiger partial charge in [0, 0.05) is 25.0 Å². The van der Waals surface area contributed by atoms with Crippen LogP contribution in [-0.2, 0) is 11.3 Å². The summed E-state index contributed by atoms with van der Waals surface area (Å²) in [5, 5.41) is 9.55. The highest BCUT2D eigenvalue weighted by atomic mass is 32.2. The number of nitrogens with one attached hydrogen (secondary N) is 1. The van der Waals surface area contributed by atoms with E-state index >= 15 is 0 Å². The molecule has 0 bridgehead atoms. The van der Waals surface area contributed by atoms with Gasteiger partial charge in [0.15, 0.2) is 5.82 Å². The summed E-state index contributed by atoms with van der Waals surface area (Å²) in [4.78, 5) is 8.52. The minimum Gasteiger partial charge on any atom is -0.396 e. The molecule has 17 heavy (non-hydrogen) atoms. The normalized spacial score (nSPS) is 10.5. The van der Waals surface area contributed by atoms with Crippen molar-refractivity contribution in [3.8, 4) is 0 Å². The summed E-state index contributed by atoms with van der Waals surface area (Å²) in [6.07, 6.45) is 0.737. The molecular weight excluding hydrogens is 240 g/mol. The van der Waals surface area contributed by atoms with Crippen molar-refractivity contribution in [1.29, 1.82) is 0 Å². The largest absolute Gasteiger partial charge is 0.396 e. The van der Waals surface area contributed by atoms with Crippen molar-refractivity contribution in [1.82, 2.24) is 9.97 Å². The number of hydrogen-bond acceptors (Lipinski definition) is 7. The molecule has 0 aliphatic heterocycles. The van der Waals surface area contributed by atoms with Crippen LogP contribution in [0.1, 0.15) is 19.2 Å². The summed E-state index contributed by atoms with van der Waals surface area (Å²) in [5.74, 6) is 7.33. The molecule has 4 N–H and O–H groups in total. The zero-order chi connectivity index (χ0) is 12.5. The minimum atomic E-state index is 0.186. The van der Waals surface area contributed by atoms with Crippen LogP contribution in [0.25, 0.3) is 0 Å². The first-order valence-corrected chi connectivity index (χ1v) is 6.44. The number of hydrogen-bond donors (Lipinski definition) is 3. The lowest BCUT2D eigenvalue weighted by atomic mass is 10.5. The number of ether oxygens (including phenoxy) is 1. The fourth-order valence-corrected chi connectivity index (χ4v) is 1.97. The van der Waals surface area contributed by atoms with E-state index in [0.29, 0.717) is 24.9 Å². The molecule has 6 nitrogen and oxygen atoms in total. The Balaban J connectivity index is 2.67. The first-order chi connectivity index (χ1) is 8.30. The summed E-state index contributed by atoms with van der Waals surface area (Å²) in [6, 6.07) is 1.78. The Morgan fingerprint density at radius 1 is 1.53 bits per heavy atom. The van der Waals surface area contributed by atoms with E-state index in [1.807, 2.05) is 6.92 Å². The number of thioether (sulfide) groups is 1. The molecule has 1 rings (SSSR count). The summed E-state index contributed by atoms with van der Waals surface area (Å²) in [6.45, 7) is 3.10. The topological polar surface area (TPSA) is 93.3 Å². The lowest BCUT2D eigenvalue weighted by Gasteiger charge is -2.07. The minimum absolute atomic E-state index is 0.186. The zero-order valence-electron chi connectivity index (χ0n) is 9.85. The van der Waals surface area contributed by atoms with Crippen molar-refractivity contribution in [3.63, 3.8) is 0 Å². The quantitative estimate of drug-likeness (QED) is 0.208. The number of aromatic nitrogens is 2. The van der Waals surface area contributed by atoms with Crippen molar-refractivity contribution in [2.75, 3.05) is 24.4 Å². The molecule has 0 saturated carbocycles. The molecule has 0 fully saturated rings. The second-order valence-corrected chi connectivity index (χ2v) is 4.33. The average molecular weight is 258 g/mol. The van der Waals surface area contributed by atoms with E-state index in [9.17, 15) is 0 Å². The highest BCUT2D eigenvalue weighted by molar-refractivity contribution is 7.99. The number of rotatable bonds is 8. The maximum Gasteiger partial charge on any atom is 0.157 e. The van der Waals surface area contributed by atoms with E-state index in [1.165, 1.54) is 0 Å². The van der Waals surface area contributed by atoms with Crippen molar-refractivity contribution in [2.24, 2.45) is 5.84 Å². The highest BCUT2D eigenvalue weighted by Gasteiger charge is 2.04. The Labute approximate surface area is 105 Å². The molecule has 1 aromatic rings. The molecule has 0 aliphatic carbocycles. The number of hydrazine groups is 1. The third-order valence-electron chi connectivity index (χ3n) is 1.88. The first kappa shape index (κ1) is 14.2. The molecule has 7 heteroatoms. The predicted molar refractivity (Wildman–Crippen MR) is 67.6 cm³/mol. The lowest BCUT2D eigenvalue weighted by molar-refractivity contribution is 0.128. The lowest BCUT2D eigenvalue weighted by Crippen LogP contribution is -2.11. The number of aliphatic hydroxyl groups is 1. The molecule has 1 aromatic heterocycles. The summed E-state index contributed by atoms with van der Waals surface area (Å²) < 4.78 is 5.26. The molecular formula is C10H18N4O2S. The van der Waals surface area contributed by atoms with Crippen molar-refractivity contribution >= 4 is 17.6 Å². The molecule has 96 valence electrons. The van der Waals surface area contributed by atoms with Crippen LogP contribution < -0.4 is 11.3 Å². The maximum atomic E-state index is 8.72. The van der Waals surface area contributed by atoms with Gasteiger partial charge in [0.1, 0.15) is 17.5 Å². The predicted octanol–water partition coefficient (Wildman–Crippen LogP) is 0.773. The molecule has 0 unspecified atom stereocenters. The van der Waals surface area contributed by atoms with Gasteiger partial charge in [-0.2, -0.15) is 0 Å². The number of nitrogen functional groups attached to an aromatic ring is 1. The monoisotopic (exact) mass is 258 g/mol. The van der Waals surface area contributed by atoms with Crippen LogP contribution in [-0.4, -0.2) is 34.0 Å². The van der Waals surface area contributed by atoms with Crippen LogP contribution in [0, 0.1) is 0 Å². The number of aliphatic hydroxyl groups excluding tert-OH is 1. The van der Waals surface area contributed by atoms with Gasteiger partial charge in [-0.25, -0.2) is 15.8 Å². The summed E-state index contributed by atoms with van der Waals surface area (Å²) in [5.41, 5.74) is 2.51. The first-order valence-electron chi connectivity index (χ1n) is 5.46. The van der Waals surface area contributed by atoms with Crippen LogP contribution in [0.3, 0.4) is 0 Å². The third kappa shape index (κ3) is 5.31. The maximum absolute atomic E-state index is 8.72. The van der Waals surface area contributed by atoms with Crippen LogP contribution in [0.4, 0.5) is 5.82 Å². The summed E-state index contributed by atoms with van der Waals surface area (Å²) >= 11 is 1.56. The highest BCUT2D eigenvalue weighted by Crippen LogP contribution is 2.19. The fraction of sp³-hybridized carbons (Fsp3) is 0.600. The molecule has 0 saturated heterocycles. The Hall–Kier alpha value is -0.890. The van der Waals surface area contributed by atoms with Gasteiger partial charge in [-0.3, -0.25) is 0 Å². The van der Waals surface area contributed by atoms with Crippen molar-refractivity contribution in [3.05, 3.63) is 11.9 Å². The Morgan fingerprint density at radius 2 is 2.35 bits per heavy atom. The Morgan fingerprint density at radius 3 is 3.00 bits per heavy atom. The van der Waals surface area contributed by atoms with Crippen molar-refractivity contribution < 1.29 is 9.84 Å². The Kier molecular flexibility index (Phi) is 6.87. The SMILES string of the molecule is CCOCc1nc(NN)cc(SCCCO)n1. The molecule has 0 amide bonds. The summed E-state index contributed by atoms with van der Waals surface area (Å²) in [7, 11) is 0. The molecule has 0 radical (unpaired) electrons. The van der Waals surface area contributed by atoms with Crippen LogP contribution in [0.2, 0.25) is 0 Å².